The van der Waals surface area contributed by atoms with Gasteiger partial charge in [-0.3, -0.25) is 19.2 Å². The Kier molecular flexibility index (Phi) is 18.0. The van der Waals surface area contributed by atoms with Crippen molar-refractivity contribution < 1.29 is 75.0 Å². The minimum Gasteiger partial charge on any atom is -0.496 e. The monoisotopic (exact) mass is 920 g/mol. The highest BCUT2D eigenvalue weighted by atomic mass is 32.2. The molecule has 2 atom stereocenters. The molecule has 0 aliphatic heterocycles. The number of hydrogen-bond donors (Lipinski definition) is 2. The molecule has 0 radical (unpaired) electrons. The maximum Gasteiger partial charge on any atom is 0.303 e. The number of methoxy groups -OCH3 is 8. The van der Waals surface area contributed by atoms with Crippen LogP contribution in [-0.2, 0) is 38.5 Å². The Morgan fingerprint density at radius 1 is 0.492 bits per heavy atom. The molecule has 4 aromatic rings. The summed E-state index contributed by atoms with van der Waals surface area (Å²) in [7, 11) is 6.78. The normalized spacial score (nSPS) is 12.1. The number of esters is 2. The van der Waals surface area contributed by atoms with Crippen LogP contribution in [0.25, 0.3) is 12.2 Å². The van der Waals surface area contributed by atoms with Crippen molar-refractivity contribution in [2.24, 2.45) is 0 Å². The molecule has 0 bridgehead atoms. The van der Waals surface area contributed by atoms with Gasteiger partial charge in [0.15, 0.2) is 23.1 Å². The molecular weight excluding hydrogens is 869 g/mol. The van der Waals surface area contributed by atoms with Gasteiger partial charge in [0.2, 0.25) is 0 Å². The zero-order valence-electron chi connectivity index (χ0n) is 37.6. The number of carbonyl (C=O) groups excluding carboxylic acids is 4. The van der Waals surface area contributed by atoms with E-state index in [1.807, 2.05) is 0 Å². The van der Waals surface area contributed by atoms with E-state index in [1.165, 1.54) is 118 Å². The van der Waals surface area contributed by atoms with Gasteiger partial charge in [-0.25, -0.2) is 8.42 Å². The zero-order chi connectivity index (χ0) is 47.8. The minimum atomic E-state index is -4.62. The van der Waals surface area contributed by atoms with E-state index in [1.54, 1.807) is 24.3 Å². The molecule has 0 fully saturated rings. The number of amides is 2. The van der Waals surface area contributed by atoms with Crippen LogP contribution in [0.4, 0.5) is 11.4 Å². The summed E-state index contributed by atoms with van der Waals surface area (Å²) in [5.74, 6) is -0.475. The van der Waals surface area contributed by atoms with Crippen molar-refractivity contribution in [1.82, 2.24) is 0 Å². The van der Waals surface area contributed by atoms with E-state index in [0.717, 1.165) is 13.8 Å². The predicted molar refractivity (Wildman–Crippen MR) is 241 cm³/mol. The molecule has 2 N–H and O–H groups in total. The van der Waals surface area contributed by atoms with Crippen LogP contribution in [0, 0.1) is 0 Å². The van der Waals surface area contributed by atoms with Crippen molar-refractivity contribution in [3.8, 4) is 46.0 Å². The highest BCUT2D eigenvalue weighted by molar-refractivity contribution is 7.92. The van der Waals surface area contributed by atoms with Crippen LogP contribution in [0.1, 0.15) is 46.6 Å². The first-order valence-electron chi connectivity index (χ1n) is 19.5. The number of benzene rings is 4. The number of hydrogen-bond acceptors (Lipinski definition) is 16. The lowest BCUT2D eigenvalue weighted by Crippen LogP contribution is -2.22. The van der Waals surface area contributed by atoms with Crippen molar-refractivity contribution in [1.29, 1.82) is 0 Å². The van der Waals surface area contributed by atoms with Gasteiger partial charge in [0, 0.05) is 38.1 Å². The van der Waals surface area contributed by atoms with Crippen molar-refractivity contribution in [3.05, 3.63) is 95.1 Å². The number of carbonyl (C=O) groups is 4. The quantitative estimate of drug-likeness (QED) is 0.0817. The van der Waals surface area contributed by atoms with Crippen molar-refractivity contribution in [2.75, 3.05) is 80.7 Å². The van der Waals surface area contributed by atoms with Crippen LogP contribution in [0.3, 0.4) is 0 Å². The molecule has 2 amide bonds. The van der Waals surface area contributed by atoms with Gasteiger partial charge in [-0.1, -0.05) is 24.3 Å². The van der Waals surface area contributed by atoms with Gasteiger partial charge in [-0.05, 0) is 47.5 Å². The predicted octanol–water partition coefficient (Wildman–Crippen LogP) is 6.38. The van der Waals surface area contributed by atoms with Crippen LogP contribution in [0.5, 0.6) is 46.0 Å². The molecule has 348 valence electrons. The summed E-state index contributed by atoms with van der Waals surface area (Å²) in [4.78, 5) is 48.9. The Hall–Kier alpha value is -7.41. The fourth-order valence-corrected chi connectivity index (χ4v) is 8.41. The molecule has 4 rings (SSSR count). The summed E-state index contributed by atoms with van der Waals surface area (Å²) in [5.41, 5.74) is 1.16. The third-order valence-electron chi connectivity index (χ3n) is 9.55. The van der Waals surface area contributed by atoms with Gasteiger partial charge in [0.05, 0.1) is 79.4 Å². The molecule has 0 saturated heterocycles. The number of sulfone groups is 1. The summed E-state index contributed by atoms with van der Waals surface area (Å²) < 4.78 is 85.9. The highest BCUT2D eigenvalue weighted by Crippen LogP contribution is 2.44. The lowest BCUT2D eigenvalue weighted by atomic mass is 10.1. The van der Waals surface area contributed by atoms with Crippen LogP contribution < -0.4 is 48.5 Å². The maximum absolute atomic E-state index is 15.8. The molecule has 0 heterocycles. The Labute approximate surface area is 377 Å². The molecular formula is C46H52N2O16S. The van der Waals surface area contributed by atoms with Crippen LogP contribution >= 0.6 is 0 Å². The molecule has 18 nitrogen and oxygen atoms in total. The molecule has 0 aliphatic rings. The van der Waals surface area contributed by atoms with E-state index in [2.05, 4.69) is 10.6 Å². The number of rotatable bonds is 22. The van der Waals surface area contributed by atoms with Crippen molar-refractivity contribution in [2.45, 2.75) is 24.3 Å². The Morgan fingerprint density at radius 3 is 1.09 bits per heavy atom. The average Bonchev–Trinajstić information content (AvgIpc) is 3.29. The van der Waals surface area contributed by atoms with E-state index >= 15 is 8.42 Å². The second kappa shape index (κ2) is 23.3. The molecule has 0 saturated carbocycles. The Bertz CT molecular complexity index is 2320. The number of nitrogens with one attached hydrogen (secondary N) is 2. The summed E-state index contributed by atoms with van der Waals surface area (Å²) in [6.07, 6.45) is 5.89. The van der Waals surface area contributed by atoms with Crippen LogP contribution in [0.15, 0.2) is 72.8 Å². The van der Waals surface area contributed by atoms with E-state index in [0.29, 0.717) is 45.6 Å². The van der Waals surface area contributed by atoms with Crippen molar-refractivity contribution >= 4 is 57.1 Å². The smallest absolute Gasteiger partial charge is 0.303 e. The molecule has 19 heteroatoms. The zero-order valence-corrected chi connectivity index (χ0v) is 38.4. The molecule has 0 spiro atoms. The second-order valence-electron chi connectivity index (χ2n) is 13.6. The molecule has 0 aromatic heterocycles. The molecule has 2 unspecified atom stereocenters. The van der Waals surface area contributed by atoms with Gasteiger partial charge in [0.1, 0.15) is 56.5 Å². The summed E-state index contributed by atoms with van der Waals surface area (Å²) in [6, 6.07) is 15.2. The van der Waals surface area contributed by atoms with Gasteiger partial charge >= 0.3 is 11.9 Å². The first-order valence-corrected chi connectivity index (χ1v) is 21.1. The fourth-order valence-electron chi connectivity index (χ4n) is 6.45. The lowest BCUT2D eigenvalue weighted by molar-refractivity contribution is -0.145. The number of anilines is 2. The molecule has 0 aliphatic carbocycles. The summed E-state index contributed by atoms with van der Waals surface area (Å²) >= 11 is 0. The van der Waals surface area contributed by atoms with Crippen LogP contribution in [-0.4, -0.2) is 102 Å². The molecule has 4 aromatic carbocycles. The second-order valence-corrected chi connectivity index (χ2v) is 15.8. The van der Waals surface area contributed by atoms with E-state index in [9.17, 15) is 19.2 Å². The van der Waals surface area contributed by atoms with E-state index in [-0.39, 0.29) is 34.0 Å². The van der Waals surface area contributed by atoms with Gasteiger partial charge < -0.3 is 58.0 Å². The third-order valence-corrected chi connectivity index (χ3v) is 11.8. The summed E-state index contributed by atoms with van der Waals surface area (Å²) in [5, 5.41) is 2.17. The lowest BCUT2D eigenvalue weighted by Gasteiger charge is -2.24. The number of ether oxygens (including phenoxy) is 10. The van der Waals surface area contributed by atoms with E-state index in [4.69, 9.17) is 47.4 Å². The average molecular weight is 921 g/mol. The largest absolute Gasteiger partial charge is 0.496 e. The van der Waals surface area contributed by atoms with Gasteiger partial charge in [-0.2, -0.15) is 0 Å². The van der Waals surface area contributed by atoms with Crippen molar-refractivity contribution in [3.63, 3.8) is 0 Å². The highest BCUT2D eigenvalue weighted by Gasteiger charge is 2.35. The first-order chi connectivity index (χ1) is 31.1. The topological polar surface area (TPSA) is 219 Å². The summed E-state index contributed by atoms with van der Waals surface area (Å²) in [6.45, 7) is 1.06. The van der Waals surface area contributed by atoms with Gasteiger partial charge in [-0.15, -0.1) is 0 Å². The standard InChI is InChI=1S/C46H52N2O16S/c1-27(49)63-25-45(51)47-35-19-29(11-15-37(35)57-5)43(17-13-33-39(59-7)21-31(55-3)22-40(33)60-8)65(53,54)44(18-14-34-41(61-9)23-32(56-4)24-42(34)62-10)30-12-16-38(58-6)36(20-30)48-46(52)26-64-28(2)50/h11-24,43-44H,25-26H2,1-10H3,(H,47,51)(H,48,52)/b17-13+,18-14+. The minimum absolute atomic E-state index is 0.0670. The molecule has 65 heavy (non-hydrogen) atoms. The fraction of sp³-hybridized carbons (Fsp3) is 0.304. The van der Waals surface area contributed by atoms with Crippen LogP contribution in [0.2, 0.25) is 0 Å². The van der Waals surface area contributed by atoms with Gasteiger partial charge in [0.25, 0.3) is 11.8 Å². The first kappa shape index (κ1) is 50.2. The Balaban J connectivity index is 2.08. The van der Waals surface area contributed by atoms with E-state index < -0.39 is 57.3 Å². The maximum atomic E-state index is 15.8. The Morgan fingerprint density at radius 2 is 0.815 bits per heavy atom. The SMILES string of the molecule is COc1cc(OC)c(/C=C/C(c2ccc(OC)c(NC(=O)COC(C)=O)c2)S(=O)(=O)C(/C=C/c2c(OC)cc(OC)cc2OC)c2ccc(OC)c(NC(=O)COC(C)=O)c2)c(OC)c1. The third kappa shape index (κ3) is 12.8.